The Morgan fingerprint density at radius 2 is 1.58 bits per heavy atom. The van der Waals surface area contributed by atoms with E-state index in [0.717, 1.165) is 67.0 Å². The van der Waals surface area contributed by atoms with Gasteiger partial charge in [0.15, 0.2) is 5.69 Å². The molecule has 0 spiro atoms. The Labute approximate surface area is 223 Å². The first-order valence-electron chi connectivity index (χ1n) is 13.8. The Morgan fingerprint density at radius 3 is 2.32 bits per heavy atom. The fourth-order valence-electron chi connectivity index (χ4n) is 5.60. The number of likely N-dealkylation sites (tertiary alicyclic amines) is 2. The highest BCUT2D eigenvalue weighted by atomic mass is 16.1. The molecule has 0 unspecified atom stereocenters. The molecular weight excluding hydrogens is 474 g/mol. The molecule has 2 N–H and O–H groups in total. The molecule has 2 fully saturated rings. The number of hydrogen-bond donors (Lipinski definition) is 2. The molecule has 0 saturated carbocycles. The van der Waals surface area contributed by atoms with Gasteiger partial charge in [0.25, 0.3) is 5.91 Å². The number of rotatable bonds is 7. The lowest BCUT2D eigenvalue weighted by molar-refractivity contribution is 0.102. The fourth-order valence-corrected chi connectivity index (χ4v) is 5.60. The van der Waals surface area contributed by atoms with Gasteiger partial charge in [-0.05, 0) is 93.3 Å². The average Bonchev–Trinajstić information content (AvgIpc) is 3.39. The van der Waals surface area contributed by atoms with Gasteiger partial charge in [0.2, 0.25) is 0 Å². The number of anilines is 1. The summed E-state index contributed by atoms with van der Waals surface area (Å²) in [6.45, 7) is 6.35. The number of amides is 1. The molecule has 1 aromatic carbocycles. The molecule has 196 valence electrons. The van der Waals surface area contributed by atoms with Crippen molar-refractivity contribution >= 4 is 22.5 Å². The minimum absolute atomic E-state index is 0.254. The first-order valence-corrected chi connectivity index (χ1v) is 13.8. The Balaban J connectivity index is 1.16. The van der Waals surface area contributed by atoms with Crippen LogP contribution in [-0.4, -0.2) is 62.1 Å². The number of nitrogens with zero attached hydrogens (tertiary/aromatic N) is 5. The van der Waals surface area contributed by atoms with E-state index in [-0.39, 0.29) is 5.91 Å². The highest BCUT2D eigenvalue weighted by Crippen LogP contribution is 2.27. The van der Waals surface area contributed by atoms with Gasteiger partial charge in [-0.2, -0.15) is 5.10 Å². The molecular formula is C30H35N7O. The molecule has 4 aromatic rings. The van der Waals surface area contributed by atoms with E-state index in [1.54, 1.807) is 6.20 Å². The second-order valence-corrected chi connectivity index (χ2v) is 10.6. The quantitative estimate of drug-likeness (QED) is 0.354. The van der Waals surface area contributed by atoms with E-state index >= 15 is 0 Å². The molecule has 0 atom stereocenters. The number of carbonyl (C=O) groups excluding carboxylic acids is 1. The Bertz CT molecular complexity index is 1390. The number of fused-ring (bicyclic) bond motifs is 1. The smallest absolute Gasteiger partial charge is 0.276 e. The van der Waals surface area contributed by atoms with Crippen molar-refractivity contribution in [2.24, 2.45) is 0 Å². The maximum absolute atomic E-state index is 13.2. The summed E-state index contributed by atoms with van der Waals surface area (Å²) in [5.74, 6) is -0.254. The number of aromatic amines is 1. The third-order valence-electron chi connectivity index (χ3n) is 7.68. The lowest BCUT2D eigenvalue weighted by Gasteiger charge is -2.26. The largest absolute Gasteiger partial charge is 0.319 e. The fraction of sp³-hybridized carbons (Fsp3) is 0.400. The van der Waals surface area contributed by atoms with E-state index in [0.29, 0.717) is 11.4 Å². The summed E-state index contributed by atoms with van der Waals surface area (Å²) in [5.41, 5.74) is 6.16. The maximum atomic E-state index is 13.2. The molecule has 0 aliphatic carbocycles. The van der Waals surface area contributed by atoms with Crippen molar-refractivity contribution in [2.75, 3.05) is 31.5 Å². The Morgan fingerprint density at radius 1 is 0.816 bits per heavy atom. The first kappa shape index (κ1) is 24.7. The van der Waals surface area contributed by atoms with Crippen LogP contribution >= 0.6 is 0 Å². The molecule has 0 radical (unpaired) electrons. The zero-order chi connectivity index (χ0) is 25.7. The molecule has 8 heteroatoms. The predicted molar refractivity (Wildman–Crippen MR) is 150 cm³/mol. The molecule has 8 nitrogen and oxygen atoms in total. The van der Waals surface area contributed by atoms with Crippen molar-refractivity contribution in [3.8, 4) is 11.1 Å². The van der Waals surface area contributed by atoms with E-state index in [2.05, 4.69) is 47.4 Å². The number of benzene rings is 1. The van der Waals surface area contributed by atoms with E-state index in [1.807, 2.05) is 36.7 Å². The van der Waals surface area contributed by atoms with Crippen LogP contribution in [0.25, 0.3) is 22.0 Å². The summed E-state index contributed by atoms with van der Waals surface area (Å²) >= 11 is 0. The zero-order valence-corrected chi connectivity index (χ0v) is 21.8. The van der Waals surface area contributed by atoms with E-state index in [1.165, 1.54) is 44.1 Å². The predicted octanol–water partition coefficient (Wildman–Crippen LogP) is 5.24. The molecule has 2 aliphatic heterocycles. The number of H-pyrrole nitrogens is 1. The van der Waals surface area contributed by atoms with E-state index < -0.39 is 0 Å². The lowest BCUT2D eigenvalue weighted by atomic mass is 10.0. The second kappa shape index (κ2) is 11.4. The van der Waals surface area contributed by atoms with Gasteiger partial charge in [0.1, 0.15) is 0 Å². The van der Waals surface area contributed by atoms with Crippen molar-refractivity contribution in [3.05, 3.63) is 71.9 Å². The number of piperidine rings is 2. The third kappa shape index (κ3) is 5.76. The van der Waals surface area contributed by atoms with Crippen LogP contribution in [0.1, 0.15) is 60.3 Å². The van der Waals surface area contributed by atoms with Gasteiger partial charge in [0.05, 0.1) is 23.1 Å². The van der Waals surface area contributed by atoms with Crippen LogP contribution in [-0.2, 0) is 13.1 Å². The van der Waals surface area contributed by atoms with Crippen molar-refractivity contribution in [1.29, 1.82) is 0 Å². The van der Waals surface area contributed by atoms with E-state index in [9.17, 15) is 4.79 Å². The summed E-state index contributed by atoms with van der Waals surface area (Å²) < 4.78 is 0. The van der Waals surface area contributed by atoms with Crippen LogP contribution < -0.4 is 5.32 Å². The van der Waals surface area contributed by atoms with Crippen LogP contribution in [0.2, 0.25) is 0 Å². The van der Waals surface area contributed by atoms with Gasteiger partial charge < -0.3 is 5.32 Å². The van der Waals surface area contributed by atoms with Crippen molar-refractivity contribution < 1.29 is 4.79 Å². The van der Waals surface area contributed by atoms with Gasteiger partial charge in [-0.25, -0.2) is 0 Å². The molecule has 3 aromatic heterocycles. The third-order valence-corrected chi connectivity index (χ3v) is 7.68. The lowest BCUT2D eigenvalue weighted by Crippen LogP contribution is -2.29. The van der Waals surface area contributed by atoms with Gasteiger partial charge in [-0.15, -0.1) is 0 Å². The number of nitrogens with one attached hydrogen (secondary N) is 2. The van der Waals surface area contributed by atoms with Gasteiger partial charge in [0, 0.05) is 36.4 Å². The summed E-state index contributed by atoms with van der Waals surface area (Å²) in [5, 5.41) is 11.1. The van der Waals surface area contributed by atoms with Crippen LogP contribution in [0.5, 0.6) is 0 Å². The Hall–Kier alpha value is -3.62. The standard InChI is InChI=1S/C30H35N7O/c38-30(33-25-8-9-26(32-19-25)21-37-13-5-2-6-14-37)29-27-16-23(7-10-28(27)34-35-29)24-15-22(17-31-18-24)20-36-11-3-1-4-12-36/h7-10,15-19H,1-6,11-14,20-21H2,(H,33,38)(H,34,35). The van der Waals surface area contributed by atoms with Gasteiger partial charge in [-0.1, -0.05) is 18.9 Å². The number of carbonyl (C=O) groups is 1. The molecule has 38 heavy (non-hydrogen) atoms. The number of pyridine rings is 2. The van der Waals surface area contributed by atoms with Crippen LogP contribution in [0.3, 0.4) is 0 Å². The molecule has 0 bridgehead atoms. The second-order valence-electron chi connectivity index (χ2n) is 10.6. The molecule has 6 rings (SSSR count). The van der Waals surface area contributed by atoms with Crippen LogP contribution in [0, 0.1) is 0 Å². The average molecular weight is 510 g/mol. The van der Waals surface area contributed by atoms with Crippen molar-refractivity contribution in [3.63, 3.8) is 0 Å². The SMILES string of the molecule is O=C(Nc1ccc(CN2CCCCC2)nc1)c1n[nH]c2ccc(-c3cncc(CN4CCCCC4)c3)cc12. The normalized spacial score (nSPS) is 17.1. The summed E-state index contributed by atoms with van der Waals surface area (Å²) in [7, 11) is 0. The van der Waals surface area contributed by atoms with E-state index in [4.69, 9.17) is 0 Å². The molecule has 1 amide bonds. The van der Waals surface area contributed by atoms with Gasteiger partial charge in [-0.3, -0.25) is 29.7 Å². The Kier molecular flexibility index (Phi) is 7.42. The topological polar surface area (TPSA) is 90.0 Å². The summed E-state index contributed by atoms with van der Waals surface area (Å²) in [6.07, 6.45) is 13.3. The van der Waals surface area contributed by atoms with Crippen molar-refractivity contribution in [2.45, 2.75) is 51.6 Å². The molecule has 2 aliphatic rings. The highest BCUT2D eigenvalue weighted by Gasteiger charge is 2.17. The first-order chi connectivity index (χ1) is 18.7. The monoisotopic (exact) mass is 509 g/mol. The minimum Gasteiger partial charge on any atom is -0.319 e. The molecule has 2 saturated heterocycles. The minimum atomic E-state index is -0.254. The number of hydrogen-bond acceptors (Lipinski definition) is 6. The van der Waals surface area contributed by atoms with Gasteiger partial charge >= 0.3 is 0 Å². The van der Waals surface area contributed by atoms with Crippen molar-refractivity contribution in [1.82, 2.24) is 30.0 Å². The summed E-state index contributed by atoms with van der Waals surface area (Å²) in [6, 6.07) is 12.2. The van der Waals surface area contributed by atoms with Crippen LogP contribution in [0.15, 0.2) is 55.0 Å². The maximum Gasteiger partial charge on any atom is 0.276 e. The summed E-state index contributed by atoms with van der Waals surface area (Å²) in [4.78, 5) is 27.2. The zero-order valence-electron chi connectivity index (χ0n) is 21.8. The number of aromatic nitrogens is 4. The van der Waals surface area contributed by atoms with Crippen LogP contribution in [0.4, 0.5) is 5.69 Å². The molecule has 5 heterocycles. The highest BCUT2D eigenvalue weighted by molar-refractivity contribution is 6.11.